The van der Waals surface area contributed by atoms with Crippen molar-refractivity contribution in [3.05, 3.63) is 70.5 Å². The van der Waals surface area contributed by atoms with Crippen molar-refractivity contribution in [2.75, 3.05) is 45.9 Å². The Labute approximate surface area is 212 Å². The second-order valence-electron chi connectivity index (χ2n) is 9.48. The number of carbonyl (C=O) groups excluding carboxylic acids is 2. The SMILES string of the molecule is CCC(=O)N(CCN1CCOCC1)CC(=O)N1N=C(c2ccc(C)c(C)c2)CC1c1ccc(F)cc1. The summed E-state index contributed by atoms with van der Waals surface area (Å²) in [5.41, 5.74) is 4.93. The average molecular weight is 495 g/mol. The first-order chi connectivity index (χ1) is 17.4. The second kappa shape index (κ2) is 11.8. The Bertz CT molecular complexity index is 1110. The van der Waals surface area contributed by atoms with Gasteiger partial charge in [-0.3, -0.25) is 14.5 Å². The van der Waals surface area contributed by atoms with Crippen molar-refractivity contribution in [1.82, 2.24) is 14.8 Å². The molecule has 0 saturated carbocycles. The number of benzene rings is 2. The molecule has 2 heterocycles. The van der Waals surface area contributed by atoms with Gasteiger partial charge in [0.25, 0.3) is 5.91 Å². The van der Waals surface area contributed by atoms with Crippen LogP contribution in [0.2, 0.25) is 0 Å². The van der Waals surface area contributed by atoms with Gasteiger partial charge in [-0.15, -0.1) is 0 Å². The molecule has 36 heavy (non-hydrogen) atoms. The molecule has 0 spiro atoms. The second-order valence-corrected chi connectivity index (χ2v) is 9.48. The molecule has 2 aliphatic rings. The first-order valence-corrected chi connectivity index (χ1v) is 12.7. The highest BCUT2D eigenvalue weighted by atomic mass is 19.1. The zero-order valence-electron chi connectivity index (χ0n) is 21.4. The molecule has 1 unspecified atom stereocenters. The largest absolute Gasteiger partial charge is 0.379 e. The topological polar surface area (TPSA) is 65.5 Å². The quantitative estimate of drug-likeness (QED) is 0.562. The maximum Gasteiger partial charge on any atom is 0.262 e. The lowest BCUT2D eigenvalue weighted by molar-refractivity contribution is -0.141. The van der Waals surface area contributed by atoms with E-state index in [-0.39, 0.29) is 30.2 Å². The summed E-state index contributed by atoms with van der Waals surface area (Å²) < 4.78 is 19.0. The number of carbonyl (C=O) groups is 2. The number of rotatable bonds is 8. The zero-order valence-corrected chi connectivity index (χ0v) is 21.4. The van der Waals surface area contributed by atoms with Crippen molar-refractivity contribution >= 4 is 17.5 Å². The summed E-state index contributed by atoms with van der Waals surface area (Å²) in [5, 5.41) is 6.23. The molecule has 1 atom stereocenters. The Morgan fingerprint density at radius 3 is 2.47 bits per heavy atom. The standard InChI is InChI=1S/C28H35FN4O3/c1-4-27(34)32(12-11-31-13-15-36-16-14-31)19-28(35)33-26(22-7-9-24(29)10-8-22)18-25(30-33)23-6-5-20(2)21(3)17-23/h5-10,17,26H,4,11-16,18-19H2,1-3H3. The van der Waals surface area contributed by atoms with Gasteiger partial charge in [-0.1, -0.05) is 31.2 Å². The third-order valence-electron chi connectivity index (χ3n) is 7.03. The van der Waals surface area contributed by atoms with Gasteiger partial charge in [0.15, 0.2) is 0 Å². The zero-order chi connectivity index (χ0) is 25.7. The van der Waals surface area contributed by atoms with Crippen LogP contribution in [-0.4, -0.2) is 78.3 Å². The molecule has 2 aliphatic heterocycles. The fourth-order valence-electron chi connectivity index (χ4n) is 4.62. The van der Waals surface area contributed by atoms with E-state index in [9.17, 15) is 14.0 Å². The number of halogens is 1. The average Bonchev–Trinajstić information content (AvgIpc) is 3.34. The van der Waals surface area contributed by atoms with Crippen molar-refractivity contribution < 1.29 is 18.7 Å². The van der Waals surface area contributed by atoms with E-state index in [0.717, 1.165) is 35.5 Å². The molecule has 2 aromatic carbocycles. The van der Waals surface area contributed by atoms with Gasteiger partial charge in [0.05, 0.1) is 25.0 Å². The van der Waals surface area contributed by atoms with Crippen molar-refractivity contribution in [2.45, 2.75) is 39.7 Å². The minimum absolute atomic E-state index is 0.0432. The van der Waals surface area contributed by atoms with Crippen LogP contribution < -0.4 is 0 Å². The molecule has 4 rings (SSSR count). The first kappa shape index (κ1) is 26.0. The summed E-state index contributed by atoms with van der Waals surface area (Å²) in [7, 11) is 0. The third kappa shape index (κ3) is 6.17. The van der Waals surface area contributed by atoms with Gasteiger partial charge in [0.1, 0.15) is 12.4 Å². The Balaban J connectivity index is 1.56. The summed E-state index contributed by atoms with van der Waals surface area (Å²) in [5.74, 6) is -0.632. The number of hydrogen-bond donors (Lipinski definition) is 0. The molecule has 0 radical (unpaired) electrons. The minimum Gasteiger partial charge on any atom is -0.379 e. The van der Waals surface area contributed by atoms with Crippen LogP contribution in [0.4, 0.5) is 4.39 Å². The molecule has 0 N–H and O–H groups in total. The predicted octanol–water partition coefficient (Wildman–Crippen LogP) is 3.69. The monoisotopic (exact) mass is 494 g/mol. The summed E-state index contributed by atoms with van der Waals surface area (Å²) in [4.78, 5) is 30.2. The van der Waals surface area contributed by atoms with E-state index < -0.39 is 0 Å². The van der Waals surface area contributed by atoms with Gasteiger partial charge in [-0.25, -0.2) is 9.40 Å². The summed E-state index contributed by atoms with van der Waals surface area (Å²) in [6.45, 7) is 10.1. The lowest BCUT2D eigenvalue weighted by atomic mass is 9.96. The minimum atomic E-state index is -0.354. The Hall–Kier alpha value is -3.10. The maximum absolute atomic E-state index is 13.6. The predicted molar refractivity (Wildman–Crippen MR) is 137 cm³/mol. The molecular formula is C28H35FN4O3. The van der Waals surface area contributed by atoms with Gasteiger partial charge < -0.3 is 9.64 Å². The Morgan fingerprint density at radius 1 is 1.08 bits per heavy atom. The Morgan fingerprint density at radius 2 is 1.81 bits per heavy atom. The van der Waals surface area contributed by atoms with Gasteiger partial charge in [0.2, 0.25) is 5.91 Å². The number of ether oxygens (including phenoxy) is 1. The first-order valence-electron chi connectivity index (χ1n) is 12.7. The third-order valence-corrected chi connectivity index (χ3v) is 7.03. The highest BCUT2D eigenvalue weighted by molar-refractivity contribution is 6.03. The Kier molecular flexibility index (Phi) is 8.48. The molecule has 0 aliphatic carbocycles. The fraction of sp³-hybridized carbons (Fsp3) is 0.464. The van der Waals surface area contributed by atoms with Crippen LogP contribution in [0.1, 0.15) is 48.1 Å². The molecule has 192 valence electrons. The van der Waals surface area contributed by atoms with Crippen LogP contribution in [0.25, 0.3) is 0 Å². The van der Waals surface area contributed by atoms with E-state index in [1.54, 1.807) is 17.0 Å². The lowest BCUT2D eigenvalue weighted by Crippen LogP contribution is -2.46. The van der Waals surface area contributed by atoms with Gasteiger partial charge in [-0.2, -0.15) is 5.10 Å². The van der Waals surface area contributed by atoms with E-state index >= 15 is 0 Å². The molecule has 1 fully saturated rings. The summed E-state index contributed by atoms with van der Waals surface area (Å²) >= 11 is 0. The molecule has 8 heteroatoms. The fourth-order valence-corrected chi connectivity index (χ4v) is 4.62. The normalized spacial score (nSPS) is 18.3. The molecule has 1 saturated heterocycles. The van der Waals surface area contributed by atoms with E-state index in [0.29, 0.717) is 39.1 Å². The van der Waals surface area contributed by atoms with Crippen LogP contribution in [-0.2, 0) is 14.3 Å². The van der Waals surface area contributed by atoms with Crippen molar-refractivity contribution in [1.29, 1.82) is 0 Å². The van der Waals surface area contributed by atoms with Crippen LogP contribution in [0.15, 0.2) is 47.6 Å². The molecule has 0 aromatic heterocycles. The van der Waals surface area contributed by atoms with Crippen LogP contribution in [0.5, 0.6) is 0 Å². The number of hydrazone groups is 1. The number of aryl methyl sites for hydroxylation is 2. The number of morpholine rings is 1. The molecule has 7 nitrogen and oxygen atoms in total. The van der Waals surface area contributed by atoms with E-state index in [4.69, 9.17) is 9.84 Å². The number of amides is 2. The highest BCUT2D eigenvalue weighted by Crippen LogP contribution is 2.33. The van der Waals surface area contributed by atoms with E-state index in [1.165, 1.54) is 22.7 Å². The van der Waals surface area contributed by atoms with Crippen LogP contribution in [0, 0.1) is 19.7 Å². The van der Waals surface area contributed by atoms with Crippen molar-refractivity contribution in [3.8, 4) is 0 Å². The highest BCUT2D eigenvalue weighted by Gasteiger charge is 2.34. The van der Waals surface area contributed by atoms with E-state index in [2.05, 4.69) is 30.9 Å². The lowest BCUT2D eigenvalue weighted by Gasteiger charge is -2.31. The van der Waals surface area contributed by atoms with E-state index in [1.807, 2.05) is 13.0 Å². The van der Waals surface area contributed by atoms with Gasteiger partial charge in [-0.05, 0) is 54.3 Å². The molecule has 0 bridgehead atoms. The molecular weight excluding hydrogens is 459 g/mol. The van der Waals surface area contributed by atoms with Crippen molar-refractivity contribution in [3.63, 3.8) is 0 Å². The number of nitrogens with zero attached hydrogens (tertiary/aromatic N) is 4. The van der Waals surface area contributed by atoms with Crippen LogP contribution in [0.3, 0.4) is 0 Å². The van der Waals surface area contributed by atoms with Crippen molar-refractivity contribution in [2.24, 2.45) is 5.10 Å². The smallest absolute Gasteiger partial charge is 0.262 e. The number of hydrogen-bond acceptors (Lipinski definition) is 5. The molecule has 2 aromatic rings. The maximum atomic E-state index is 13.6. The molecule has 2 amide bonds. The van der Waals surface area contributed by atoms with Gasteiger partial charge >= 0.3 is 0 Å². The van der Waals surface area contributed by atoms with Crippen LogP contribution >= 0.6 is 0 Å². The summed E-state index contributed by atoms with van der Waals surface area (Å²) in [6, 6.07) is 12.0. The van der Waals surface area contributed by atoms with Gasteiger partial charge in [0, 0.05) is 39.0 Å². The summed E-state index contributed by atoms with van der Waals surface area (Å²) in [6.07, 6.45) is 0.852.